The first kappa shape index (κ1) is 16.1. The molecule has 0 unspecified atom stereocenters. The second-order valence-electron chi connectivity index (χ2n) is 5.53. The molecule has 0 aliphatic rings. The molecular formula is C15H21ClN6O. The molecule has 0 atom stereocenters. The van der Waals surface area contributed by atoms with Crippen molar-refractivity contribution >= 4 is 28.3 Å². The number of hydrogen-bond donors (Lipinski definition) is 0. The van der Waals surface area contributed by atoms with Crippen molar-refractivity contribution < 1.29 is 4.74 Å². The summed E-state index contributed by atoms with van der Waals surface area (Å²) in [6.45, 7) is 8.10. The number of unbranched alkanes of at least 4 members (excludes halogenated alkanes) is 1. The van der Waals surface area contributed by atoms with Gasteiger partial charge in [0.1, 0.15) is 17.9 Å². The number of hydrogen-bond acceptors (Lipinski definition) is 5. The van der Waals surface area contributed by atoms with Crippen molar-refractivity contribution in [2.45, 2.75) is 46.8 Å². The monoisotopic (exact) mass is 336 g/mol. The zero-order valence-corrected chi connectivity index (χ0v) is 14.5. The van der Waals surface area contributed by atoms with Crippen molar-refractivity contribution in [1.82, 2.24) is 29.6 Å². The molecule has 0 fully saturated rings. The van der Waals surface area contributed by atoms with Crippen LogP contribution in [0.3, 0.4) is 0 Å². The van der Waals surface area contributed by atoms with Gasteiger partial charge in [-0.05, 0) is 49.6 Å². The highest BCUT2D eigenvalue weighted by Crippen LogP contribution is 2.26. The standard InChI is InChI=1S/C15H21ClN6O/c1-4-23-9-12-17-13-14(21(12)8-6-5-7-16)10(2)11(3)22-15(13)18-19-20-22/h4-9H2,1-3H3. The number of alkyl halides is 1. The predicted octanol–water partition coefficient (Wildman–Crippen LogP) is 2.65. The number of rotatable bonds is 7. The van der Waals surface area contributed by atoms with Crippen LogP contribution >= 0.6 is 11.6 Å². The van der Waals surface area contributed by atoms with E-state index in [0.29, 0.717) is 24.7 Å². The number of halogens is 1. The lowest BCUT2D eigenvalue weighted by molar-refractivity contribution is 0.126. The van der Waals surface area contributed by atoms with Crippen LogP contribution in [0.5, 0.6) is 0 Å². The molecule has 0 bridgehead atoms. The Morgan fingerprint density at radius 2 is 2.04 bits per heavy atom. The summed E-state index contributed by atoms with van der Waals surface area (Å²) in [5.41, 5.74) is 4.78. The first-order valence-corrected chi connectivity index (χ1v) is 8.42. The molecular weight excluding hydrogens is 316 g/mol. The predicted molar refractivity (Wildman–Crippen MR) is 88.8 cm³/mol. The number of imidazole rings is 1. The van der Waals surface area contributed by atoms with E-state index in [-0.39, 0.29) is 0 Å². The Morgan fingerprint density at radius 3 is 2.78 bits per heavy atom. The second kappa shape index (κ2) is 6.80. The molecule has 3 aromatic rings. The van der Waals surface area contributed by atoms with E-state index in [2.05, 4.69) is 27.0 Å². The van der Waals surface area contributed by atoms with Crippen LogP contribution in [-0.2, 0) is 17.9 Å². The van der Waals surface area contributed by atoms with Gasteiger partial charge in [-0.25, -0.2) is 4.98 Å². The molecule has 3 aromatic heterocycles. The summed E-state index contributed by atoms with van der Waals surface area (Å²) in [6, 6.07) is 0. The Labute approximate surface area is 139 Å². The summed E-state index contributed by atoms with van der Waals surface area (Å²) in [7, 11) is 0. The fraction of sp³-hybridized carbons (Fsp3) is 0.600. The number of aromatic nitrogens is 6. The molecule has 0 spiro atoms. The minimum absolute atomic E-state index is 0.484. The molecule has 0 aromatic carbocycles. The van der Waals surface area contributed by atoms with E-state index in [1.54, 1.807) is 4.52 Å². The summed E-state index contributed by atoms with van der Waals surface area (Å²) in [5.74, 6) is 1.58. The van der Waals surface area contributed by atoms with E-state index < -0.39 is 0 Å². The van der Waals surface area contributed by atoms with Crippen molar-refractivity contribution in [3.05, 3.63) is 17.1 Å². The Kier molecular flexibility index (Phi) is 4.77. The third-order valence-corrected chi connectivity index (χ3v) is 4.41. The van der Waals surface area contributed by atoms with Gasteiger partial charge in [0.25, 0.3) is 0 Å². The van der Waals surface area contributed by atoms with Crippen molar-refractivity contribution in [2.75, 3.05) is 12.5 Å². The molecule has 0 aliphatic heterocycles. The Bertz CT molecular complexity index is 824. The highest BCUT2D eigenvalue weighted by molar-refractivity contribution is 6.17. The van der Waals surface area contributed by atoms with Gasteiger partial charge in [0.2, 0.25) is 5.65 Å². The van der Waals surface area contributed by atoms with Gasteiger partial charge in [0.05, 0.1) is 5.52 Å². The fourth-order valence-electron chi connectivity index (χ4n) is 2.83. The van der Waals surface area contributed by atoms with Crippen LogP contribution in [0.4, 0.5) is 0 Å². The van der Waals surface area contributed by atoms with Crippen LogP contribution in [0, 0.1) is 13.8 Å². The smallest absolute Gasteiger partial charge is 0.207 e. The Morgan fingerprint density at radius 1 is 1.22 bits per heavy atom. The molecule has 0 saturated carbocycles. The first-order valence-electron chi connectivity index (χ1n) is 7.89. The maximum atomic E-state index is 5.82. The molecule has 23 heavy (non-hydrogen) atoms. The average molecular weight is 337 g/mol. The number of aryl methyl sites for hydroxylation is 3. The van der Waals surface area contributed by atoms with Gasteiger partial charge in [0, 0.05) is 24.7 Å². The zero-order valence-electron chi connectivity index (χ0n) is 13.7. The normalized spacial score (nSPS) is 11.8. The molecule has 0 radical (unpaired) electrons. The maximum Gasteiger partial charge on any atom is 0.207 e. The number of fused-ring (bicyclic) bond motifs is 3. The van der Waals surface area contributed by atoms with Crippen LogP contribution in [0.2, 0.25) is 0 Å². The summed E-state index contributed by atoms with van der Waals surface area (Å²) >= 11 is 5.82. The fourth-order valence-corrected chi connectivity index (χ4v) is 3.02. The van der Waals surface area contributed by atoms with Crippen LogP contribution in [-0.4, -0.2) is 42.1 Å². The zero-order chi connectivity index (χ0) is 16.4. The Balaban J connectivity index is 2.20. The van der Waals surface area contributed by atoms with E-state index in [0.717, 1.165) is 47.5 Å². The van der Waals surface area contributed by atoms with Crippen molar-refractivity contribution in [1.29, 1.82) is 0 Å². The molecule has 8 heteroatoms. The average Bonchev–Trinajstić information content (AvgIpc) is 3.16. The molecule has 0 saturated heterocycles. The van der Waals surface area contributed by atoms with Gasteiger partial charge in [-0.3, -0.25) is 0 Å². The number of tetrazole rings is 1. The van der Waals surface area contributed by atoms with Crippen molar-refractivity contribution in [3.63, 3.8) is 0 Å². The van der Waals surface area contributed by atoms with Crippen LogP contribution in [0.1, 0.15) is 36.8 Å². The third-order valence-electron chi connectivity index (χ3n) is 4.14. The summed E-state index contributed by atoms with van der Waals surface area (Å²) < 4.78 is 9.57. The lowest BCUT2D eigenvalue weighted by Gasteiger charge is -2.11. The van der Waals surface area contributed by atoms with Gasteiger partial charge < -0.3 is 9.30 Å². The second-order valence-corrected chi connectivity index (χ2v) is 5.91. The van der Waals surface area contributed by atoms with Gasteiger partial charge in [-0.1, -0.05) is 0 Å². The van der Waals surface area contributed by atoms with E-state index in [1.165, 1.54) is 0 Å². The number of ether oxygens (including phenoxy) is 1. The highest BCUT2D eigenvalue weighted by atomic mass is 35.5. The minimum Gasteiger partial charge on any atom is -0.374 e. The number of pyridine rings is 1. The van der Waals surface area contributed by atoms with E-state index in [9.17, 15) is 0 Å². The van der Waals surface area contributed by atoms with Gasteiger partial charge in [-0.15, -0.1) is 16.7 Å². The quantitative estimate of drug-likeness (QED) is 0.490. The summed E-state index contributed by atoms with van der Waals surface area (Å²) in [5, 5.41) is 12.0. The molecule has 124 valence electrons. The van der Waals surface area contributed by atoms with E-state index in [1.807, 2.05) is 13.8 Å². The van der Waals surface area contributed by atoms with Crippen molar-refractivity contribution in [3.8, 4) is 0 Å². The first-order chi connectivity index (χ1) is 11.2. The molecule has 7 nitrogen and oxygen atoms in total. The highest BCUT2D eigenvalue weighted by Gasteiger charge is 2.19. The van der Waals surface area contributed by atoms with Gasteiger partial charge in [0.15, 0.2) is 0 Å². The molecule has 3 heterocycles. The van der Waals surface area contributed by atoms with Crippen LogP contribution < -0.4 is 0 Å². The molecule has 3 rings (SSSR count). The summed E-state index contributed by atoms with van der Waals surface area (Å²) in [4.78, 5) is 4.77. The van der Waals surface area contributed by atoms with Gasteiger partial charge in [-0.2, -0.15) is 4.52 Å². The molecule has 0 N–H and O–H groups in total. The van der Waals surface area contributed by atoms with Gasteiger partial charge >= 0.3 is 0 Å². The minimum atomic E-state index is 0.484. The SMILES string of the molecule is CCOCc1nc2c(c(C)c(C)n3nnnc23)n1CCCCCl. The van der Waals surface area contributed by atoms with Crippen LogP contribution in [0.25, 0.3) is 16.7 Å². The topological polar surface area (TPSA) is 70.1 Å². The van der Waals surface area contributed by atoms with E-state index in [4.69, 9.17) is 21.3 Å². The van der Waals surface area contributed by atoms with E-state index >= 15 is 0 Å². The maximum absolute atomic E-state index is 5.82. The largest absolute Gasteiger partial charge is 0.374 e. The van der Waals surface area contributed by atoms with Crippen molar-refractivity contribution in [2.24, 2.45) is 0 Å². The lowest BCUT2D eigenvalue weighted by atomic mass is 10.2. The number of nitrogens with zero attached hydrogens (tertiary/aromatic N) is 6. The summed E-state index contributed by atoms with van der Waals surface area (Å²) in [6.07, 6.45) is 1.98. The third kappa shape index (κ3) is 2.79. The lowest BCUT2D eigenvalue weighted by Crippen LogP contribution is -2.08. The molecule has 0 amide bonds. The molecule has 0 aliphatic carbocycles. The van der Waals surface area contributed by atoms with Crippen LogP contribution in [0.15, 0.2) is 0 Å². The Hall–Kier alpha value is -1.73.